The average Bonchev–Trinajstić information content (AvgIpc) is 3.38. The van der Waals surface area contributed by atoms with E-state index in [9.17, 15) is 44.2 Å². The first-order valence-corrected chi connectivity index (χ1v) is 15.8. The highest BCUT2D eigenvalue weighted by Gasteiger charge is 2.54. The lowest BCUT2D eigenvalue weighted by atomic mass is 9.83. The number of aliphatic hydroxyl groups excluding tert-OH is 6. The van der Waals surface area contributed by atoms with E-state index < -0.39 is 129 Å². The van der Waals surface area contributed by atoms with Crippen LogP contribution >= 0.6 is 0 Å². The Morgan fingerprint density at radius 3 is 2.14 bits per heavy atom. The first-order chi connectivity index (χ1) is 23.1. The molecule has 49 heavy (non-hydrogen) atoms. The molecule has 3 aliphatic heterocycles. The first kappa shape index (κ1) is 40.0. The molecule has 3 fully saturated rings. The van der Waals surface area contributed by atoms with Gasteiger partial charge >= 0.3 is 0 Å². The fraction of sp³-hybridized carbons (Fsp3) is 0.889. The van der Waals surface area contributed by atoms with Gasteiger partial charge in [-0.25, -0.2) is 8.78 Å². The fourth-order valence-corrected chi connectivity index (χ4v) is 6.07. The lowest BCUT2D eigenvalue weighted by Crippen LogP contribution is -2.67. The zero-order valence-electron chi connectivity index (χ0n) is 26.4. The van der Waals surface area contributed by atoms with E-state index in [1.807, 2.05) is 0 Å². The third kappa shape index (κ3) is 8.64. The molecule has 0 aromatic heterocycles. The molecule has 17 atom stereocenters. The molecule has 3 heterocycles. The molecular formula is C27H49F2N7O13. The van der Waals surface area contributed by atoms with Crippen LogP contribution in [0.5, 0.6) is 0 Å². The molecule has 4 aliphatic rings. The number of nitrogens with two attached hydrogens (primary N) is 6. The van der Waals surface area contributed by atoms with Crippen LogP contribution in [0.15, 0.2) is 11.8 Å². The number of halogens is 2. The zero-order chi connectivity index (χ0) is 36.4. The van der Waals surface area contributed by atoms with Crippen LogP contribution in [0, 0.1) is 0 Å². The maximum absolute atomic E-state index is 14.0. The van der Waals surface area contributed by atoms with Gasteiger partial charge in [0.2, 0.25) is 6.29 Å². The minimum atomic E-state index is -3.99. The monoisotopic (exact) mass is 717 g/mol. The molecule has 1 aliphatic carbocycles. The topological polar surface area (TPSA) is 362 Å². The Balaban J connectivity index is 1.57. The molecule has 1 unspecified atom stereocenters. The number of hydrogen-bond donors (Lipinski definition) is 13. The number of carbonyl (C=O) groups is 1. The van der Waals surface area contributed by atoms with E-state index in [1.54, 1.807) is 6.08 Å². The summed E-state index contributed by atoms with van der Waals surface area (Å²) in [5.41, 5.74) is 34.9. The van der Waals surface area contributed by atoms with Gasteiger partial charge in [-0.3, -0.25) is 4.79 Å². The Kier molecular flexibility index (Phi) is 13.6. The molecule has 2 saturated heterocycles. The molecule has 0 bridgehead atoms. The van der Waals surface area contributed by atoms with Crippen LogP contribution in [0.3, 0.4) is 0 Å². The van der Waals surface area contributed by atoms with E-state index in [1.165, 1.54) is 0 Å². The minimum Gasteiger partial charge on any atom is -0.467 e. The van der Waals surface area contributed by atoms with Crippen molar-refractivity contribution >= 4 is 5.91 Å². The predicted octanol–water partition coefficient (Wildman–Crippen LogP) is -7.60. The van der Waals surface area contributed by atoms with Gasteiger partial charge in [0.05, 0.1) is 37.8 Å². The Morgan fingerprint density at radius 2 is 1.53 bits per heavy atom. The van der Waals surface area contributed by atoms with Gasteiger partial charge in [-0.1, -0.05) is 0 Å². The molecule has 1 saturated carbocycles. The Labute approximate surface area is 279 Å². The smallest absolute Gasteiger partial charge is 0.294 e. The van der Waals surface area contributed by atoms with Crippen molar-refractivity contribution in [3.05, 3.63) is 11.8 Å². The molecule has 20 nitrogen and oxygen atoms in total. The molecule has 1 amide bonds. The second-order valence-corrected chi connectivity index (χ2v) is 12.5. The van der Waals surface area contributed by atoms with Gasteiger partial charge in [-0.15, -0.1) is 0 Å². The summed E-state index contributed by atoms with van der Waals surface area (Å²) in [6.07, 6.45) is -18.8. The second-order valence-electron chi connectivity index (χ2n) is 12.5. The first-order valence-electron chi connectivity index (χ1n) is 15.8. The molecule has 4 rings (SSSR count). The third-order valence-electron chi connectivity index (χ3n) is 9.03. The molecule has 0 radical (unpaired) electrons. The highest BCUT2D eigenvalue weighted by Crippen LogP contribution is 2.34. The second kappa shape index (κ2) is 16.7. The number of amides is 1. The van der Waals surface area contributed by atoms with Gasteiger partial charge in [0.15, 0.2) is 18.7 Å². The van der Waals surface area contributed by atoms with E-state index in [0.29, 0.717) is 12.2 Å². The standard InChI is InChI=1S/C27H49F2N7O13/c28-27(29,7-32)22(42)23(43)36-11-3-10(34)19(47-24-9(33)2-1-8(4-30)44-24)21(15(11)38)49-26-18(41)20(13(6-37)46-26)48-25-14(35)17(40)16(39)12(5-31)45-25/h1,9-22,24-26,37-42H,2-7,30-35H2,(H,36,43)/t9-,10+,11-,12+,13-,14-,15+,16-,17-,18-,19-,20-,21-,22?,24-,25-,26+/m1/s1. The molecule has 22 heteroatoms. The molecule has 0 aromatic rings. The van der Waals surface area contributed by atoms with Crippen molar-refractivity contribution < 1.29 is 72.6 Å². The maximum atomic E-state index is 14.0. The van der Waals surface area contributed by atoms with Crippen LogP contribution in [0.4, 0.5) is 8.78 Å². The van der Waals surface area contributed by atoms with Crippen molar-refractivity contribution in [3.8, 4) is 0 Å². The van der Waals surface area contributed by atoms with E-state index in [0.717, 1.165) is 0 Å². The van der Waals surface area contributed by atoms with Crippen molar-refractivity contribution in [2.45, 2.75) is 123 Å². The van der Waals surface area contributed by atoms with Gasteiger partial charge in [0, 0.05) is 12.6 Å². The SMILES string of the molecule is NCC1=CC[C@@H](N)[C@@H](O[C@H]2[C@H](O[C@@H]3O[C@H](CO)[C@@H](O[C@H]4O[C@@H](CN)[C@@H](O)[C@H](O)[C@H]4N)[C@H]3O)[C@@H](O)[C@H](NC(=O)C(O)C(F)(F)CN)C[C@@H]2N)O1. The highest BCUT2D eigenvalue weighted by molar-refractivity contribution is 5.82. The van der Waals surface area contributed by atoms with Crippen molar-refractivity contribution in [2.24, 2.45) is 34.4 Å². The van der Waals surface area contributed by atoms with Crippen LogP contribution in [0.1, 0.15) is 12.8 Å². The summed E-state index contributed by atoms with van der Waals surface area (Å²) in [6, 6.07) is -4.59. The van der Waals surface area contributed by atoms with Gasteiger partial charge in [0.1, 0.15) is 60.7 Å². The maximum Gasteiger partial charge on any atom is 0.294 e. The molecule has 284 valence electrons. The number of hydrogen-bond acceptors (Lipinski definition) is 19. The van der Waals surface area contributed by atoms with Crippen LogP contribution in [0.25, 0.3) is 0 Å². The largest absolute Gasteiger partial charge is 0.467 e. The van der Waals surface area contributed by atoms with E-state index >= 15 is 0 Å². The van der Waals surface area contributed by atoms with Crippen molar-refractivity contribution in [2.75, 3.05) is 26.2 Å². The summed E-state index contributed by atoms with van der Waals surface area (Å²) < 4.78 is 62.8. The van der Waals surface area contributed by atoms with Gasteiger partial charge in [-0.05, 0) is 18.9 Å². The fourth-order valence-electron chi connectivity index (χ4n) is 6.07. The quantitative estimate of drug-likeness (QED) is 0.0841. The third-order valence-corrected chi connectivity index (χ3v) is 9.03. The molecule has 0 spiro atoms. The summed E-state index contributed by atoms with van der Waals surface area (Å²) in [6.45, 7) is -2.29. The summed E-state index contributed by atoms with van der Waals surface area (Å²) in [5.74, 6) is -5.19. The number of nitrogens with one attached hydrogen (secondary N) is 1. The number of rotatable bonds is 13. The van der Waals surface area contributed by atoms with E-state index in [4.69, 9.17) is 62.8 Å². The zero-order valence-corrected chi connectivity index (χ0v) is 26.4. The summed E-state index contributed by atoms with van der Waals surface area (Å²) in [5, 5.41) is 65.3. The molecule has 19 N–H and O–H groups in total. The lowest BCUT2D eigenvalue weighted by Gasteiger charge is -2.46. The summed E-state index contributed by atoms with van der Waals surface area (Å²) in [4.78, 5) is 12.6. The van der Waals surface area contributed by atoms with E-state index in [2.05, 4.69) is 5.32 Å². The number of alkyl halides is 2. The van der Waals surface area contributed by atoms with Gasteiger partial charge in [0.25, 0.3) is 11.8 Å². The predicted molar refractivity (Wildman–Crippen MR) is 159 cm³/mol. The average molecular weight is 718 g/mol. The van der Waals surface area contributed by atoms with Gasteiger partial charge in [-0.2, -0.15) is 0 Å². The Hall–Kier alpha value is -1.81. The van der Waals surface area contributed by atoms with Crippen LogP contribution < -0.4 is 39.7 Å². The summed E-state index contributed by atoms with van der Waals surface area (Å²) in [7, 11) is 0. The molecular weight excluding hydrogens is 668 g/mol. The molecule has 0 aromatic carbocycles. The van der Waals surface area contributed by atoms with Crippen LogP contribution in [0.2, 0.25) is 0 Å². The summed E-state index contributed by atoms with van der Waals surface area (Å²) >= 11 is 0. The van der Waals surface area contributed by atoms with Crippen molar-refractivity contribution in [3.63, 3.8) is 0 Å². The van der Waals surface area contributed by atoms with Crippen molar-refractivity contribution in [1.29, 1.82) is 0 Å². The van der Waals surface area contributed by atoms with Crippen LogP contribution in [-0.2, 0) is 33.2 Å². The Bertz CT molecular complexity index is 1130. The van der Waals surface area contributed by atoms with Crippen molar-refractivity contribution in [1.82, 2.24) is 5.32 Å². The Morgan fingerprint density at radius 1 is 0.898 bits per heavy atom. The number of aliphatic hydroxyl groups is 6. The number of ether oxygens (including phenoxy) is 6. The number of carbonyl (C=O) groups excluding carboxylic acids is 1. The van der Waals surface area contributed by atoms with Gasteiger partial charge < -0.3 is 98.8 Å². The lowest BCUT2D eigenvalue weighted by molar-refractivity contribution is -0.282. The van der Waals surface area contributed by atoms with Crippen LogP contribution in [-0.4, -0.2) is 173 Å². The van der Waals surface area contributed by atoms with E-state index in [-0.39, 0.29) is 19.5 Å². The highest BCUT2D eigenvalue weighted by atomic mass is 19.3. The minimum absolute atomic E-state index is 0.0120. The normalized spacial score (nSPS) is 43.8.